The van der Waals surface area contributed by atoms with Gasteiger partial charge in [0, 0.05) is 11.3 Å². The Bertz CT molecular complexity index is 904. The predicted molar refractivity (Wildman–Crippen MR) is 102 cm³/mol. The Morgan fingerprint density at radius 3 is 2.11 bits per heavy atom. The van der Waals surface area contributed by atoms with Gasteiger partial charge in [-0.3, -0.25) is 9.59 Å². The number of nitrogens with one attached hydrogen (secondary N) is 2. The summed E-state index contributed by atoms with van der Waals surface area (Å²) in [6, 6.07) is 12.8. The van der Waals surface area contributed by atoms with Crippen LogP contribution in [-0.2, 0) is 21.2 Å². The molecular formula is C19H22N2O5S. The lowest BCUT2D eigenvalue weighted by Gasteiger charge is -2.09. The van der Waals surface area contributed by atoms with Gasteiger partial charge in [0.05, 0.1) is 4.90 Å². The van der Waals surface area contributed by atoms with Crippen LogP contribution in [-0.4, -0.2) is 31.9 Å². The second-order valence-electron chi connectivity index (χ2n) is 6.49. The van der Waals surface area contributed by atoms with Crippen molar-refractivity contribution in [3.8, 4) is 0 Å². The van der Waals surface area contributed by atoms with E-state index in [1.54, 1.807) is 12.1 Å². The van der Waals surface area contributed by atoms with E-state index >= 15 is 0 Å². The number of anilines is 1. The van der Waals surface area contributed by atoms with Gasteiger partial charge in [-0.15, -0.1) is 0 Å². The first kappa shape index (κ1) is 20.6. The number of hydrogen-bond donors (Lipinski definition) is 3. The van der Waals surface area contributed by atoms with Crippen molar-refractivity contribution in [1.29, 1.82) is 0 Å². The number of aliphatic carboxylic acids is 1. The molecule has 0 aliphatic carbocycles. The molecule has 2 rings (SSSR count). The van der Waals surface area contributed by atoms with Crippen molar-refractivity contribution in [2.45, 2.75) is 25.2 Å². The summed E-state index contributed by atoms with van der Waals surface area (Å²) in [5.74, 6) is -1.04. The van der Waals surface area contributed by atoms with Gasteiger partial charge in [0.1, 0.15) is 6.54 Å². The first-order valence-corrected chi connectivity index (χ1v) is 9.87. The molecule has 8 heteroatoms. The van der Waals surface area contributed by atoms with Crippen molar-refractivity contribution >= 4 is 27.6 Å². The maximum absolute atomic E-state index is 12.3. The highest BCUT2D eigenvalue weighted by atomic mass is 32.2. The fourth-order valence-corrected chi connectivity index (χ4v) is 3.40. The van der Waals surface area contributed by atoms with Crippen molar-refractivity contribution in [2.24, 2.45) is 5.92 Å². The lowest BCUT2D eigenvalue weighted by molar-refractivity contribution is -0.135. The molecule has 27 heavy (non-hydrogen) atoms. The number of carboxylic acids is 1. The number of carbonyl (C=O) groups is 2. The van der Waals surface area contributed by atoms with Crippen LogP contribution in [0.3, 0.4) is 0 Å². The second kappa shape index (κ2) is 8.79. The molecule has 2 aromatic carbocycles. The van der Waals surface area contributed by atoms with Crippen LogP contribution in [0.25, 0.3) is 0 Å². The van der Waals surface area contributed by atoms with Crippen LogP contribution in [0.4, 0.5) is 5.69 Å². The summed E-state index contributed by atoms with van der Waals surface area (Å²) in [5.41, 5.74) is 2.09. The third-order valence-electron chi connectivity index (χ3n) is 3.70. The number of rotatable bonds is 8. The van der Waals surface area contributed by atoms with E-state index in [0.717, 1.165) is 12.0 Å². The normalized spacial score (nSPS) is 11.4. The van der Waals surface area contributed by atoms with Gasteiger partial charge in [-0.1, -0.05) is 26.0 Å². The highest BCUT2D eigenvalue weighted by Crippen LogP contribution is 2.16. The first-order chi connectivity index (χ1) is 12.7. The average molecular weight is 390 g/mol. The third-order valence-corrected chi connectivity index (χ3v) is 5.11. The van der Waals surface area contributed by atoms with Gasteiger partial charge >= 0.3 is 5.97 Å². The van der Waals surface area contributed by atoms with Crippen molar-refractivity contribution in [1.82, 2.24) is 4.72 Å². The standard InChI is InChI=1S/C19H22N2O5S/c1-13(2)11-14-3-5-15(6-4-14)19(24)21-16-7-9-17(10-8-16)27(25,26)20-12-18(22)23/h3-10,13,20H,11-12H2,1-2H3,(H,21,24)(H,22,23). The van der Waals surface area contributed by atoms with Gasteiger partial charge in [0.2, 0.25) is 10.0 Å². The summed E-state index contributed by atoms with van der Waals surface area (Å²) in [4.78, 5) is 22.7. The molecule has 0 saturated carbocycles. The van der Waals surface area contributed by atoms with E-state index in [9.17, 15) is 18.0 Å². The molecular weight excluding hydrogens is 368 g/mol. The maximum atomic E-state index is 12.3. The fraction of sp³-hybridized carbons (Fsp3) is 0.263. The zero-order chi connectivity index (χ0) is 20.0. The number of carbonyl (C=O) groups excluding carboxylic acids is 1. The largest absolute Gasteiger partial charge is 0.480 e. The topological polar surface area (TPSA) is 113 Å². The van der Waals surface area contributed by atoms with Gasteiger partial charge < -0.3 is 10.4 Å². The Morgan fingerprint density at radius 1 is 1.00 bits per heavy atom. The molecule has 3 N–H and O–H groups in total. The molecule has 7 nitrogen and oxygen atoms in total. The number of sulfonamides is 1. The van der Waals surface area contributed by atoms with E-state index in [0.29, 0.717) is 17.2 Å². The quantitative estimate of drug-likeness (QED) is 0.641. The summed E-state index contributed by atoms with van der Waals surface area (Å²) >= 11 is 0. The molecule has 144 valence electrons. The van der Waals surface area contributed by atoms with Gasteiger partial charge in [0.25, 0.3) is 5.91 Å². The molecule has 0 bridgehead atoms. The molecule has 0 atom stereocenters. The van der Waals surface area contributed by atoms with Crippen molar-refractivity contribution in [3.63, 3.8) is 0 Å². The summed E-state index contributed by atoms with van der Waals surface area (Å²) in [6.45, 7) is 3.55. The number of carboxylic acid groups (broad SMARTS) is 1. The first-order valence-electron chi connectivity index (χ1n) is 8.39. The molecule has 2 aromatic rings. The molecule has 0 aliphatic rings. The SMILES string of the molecule is CC(C)Cc1ccc(C(=O)Nc2ccc(S(=O)(=O)NCC(=O)O)cc2)cc1. The number of amides is 1. The molecule has 0 unspecified atom stereocenters. The Morgan fingerprint density at radius 2 is 1.59 bits per heavy atom. The molecule has 0 aromatic heterocycles. The minimum atomic E-state index is -3.91. The fourth-order valence-electron chi connectivity index (χ4n) is 2.42. The van der Waals surface area contributed by atoms with E-state index in [1.807, 2.05) is 16.9 Å². The highest BCUT2D eigenvalue weighted by Gasteiger charge is 2.15. The minimum Gasteiger partial charge on any atom is -0.480 e. The van der Waals surface area contributed by atoms with Crippen molar-refractivity contribution < 1.29 is 23.1 Å². The van der Waals surface area contributed by atoms with Crippen LogP contribution in [0.2, 0.25) is 0 Å². The zero-order valence-electron chi connectivity index (χ0n) is 15.1. The molecule has 0 radical (unpaired) electrons. The number of benzene rings is 2. The van der Waals surface area contributed by atoms with Gasteiger partial charge in [-0.2, -0.15) is 4.72 Å². The maximum Gasteiger partial charge on any atom is 0.318 e. The monoisotopic (exact) mass is 390 g/mol. The molecule has 0 fully saturated rings. The summed E-state index contributed by atoms with van der Waals surface area (Å²) < 4.78 is 25.8. The van der Waals surface area contributed by atoms with Crippen LogP contribution in [0, 0.1) is 5.92 Å². The molecule has 0 aliphatic heterocycles. The summed E-state index contributed by atoms with van der Waals surface area (Å²) in [6.07, 6.45) is 0.938. The van der Waals surface area contributed by atoms with Crippen molar-refractivity contribution in [3.05, 3.63) is 59.7 Å². The smallest absolute Gasteiger partial charge is 0.318 e. The van der Waals surface area contributed by atoms with Crippen LogP contribution in [0.15, 0.2) is 53.4 Å². The highest BCUT2D eigenvalue weighted by molar-refractivity contribution is 7.89. The van der Waals surface area contributed by atoms with E-state index < -0.39 is 22.5 Å². The Balaban J connectivity index is 2.03. The van der Waals surface area contributed by atoms with E-state index in [2.05, 4.69) is 19.2 Å². The predicted octanol–water partition coefficient (Wildman–Crippen LogP) is 2.50. The Labute approximate surface area is 158 Å². The van der Waals surface area contributed by atoms with Crippen LogP contribution < -0.4 is 10.0 Å². The lowest BCUT2D eigenvalue weighted by Crippen LogP contribution is -2.29. The Kier molecular flexibility index (Phi) is 6.70. The minimum absolute atomic E-state index is 0.0835. The van der Waals surface area contributed by atoms with Gasteiger partial charge in [0.15, 0.2) is 0 Å². The van der Waals surface area contributed by atoms with E-state index in [-0.39, 0.29) is 10.8 Å². The average Bonchev–Trinajstić information content (AvgIpc) is 2.60. The zero-order valence-corrected chi connectivity index (χ0v) is 15.9. The van der Waals surface area contributed by atoms with Crippen LogP contribution in [0.5, 0.6) is 0 Å². The molecule has 1 amide bonds. The summed E-state index contributed by atoms with van der Waals surface area (Å²) in [5, 5.41) is 11.3. The molecule has 0 saturated heterocycles. The summed E-state index contributed by atoms with van der Waals surface area (Å²) in [7, 11) is -3.91. The van der Waals surface area contributed by atoms with Crippen LogP contribution in [0.1, 0.15) is 29.8 Å². The van der Waals surface area contributed by atoms with E-state index in [4.69, 9.17) is 5.11 Å². The van der Waals surface area contributed by atoms with Gasteiger partial charge in [-0.25, -0.2) is 8.42 Å². The third kappa shape index (κ3) is 6.19. The second-order valence-corrected chi connectivity index (χ2v) is 8.26. The van der Waals surface area contributed by atoms with Crippen LogP contribution >= 0.6 is 0 Å². The van der Waals surface area contributed by atoms with E-state index in [1.165, 1.54) is 24.3 Å². The van der Waals surface area contributed by atoms with Gasteiger partial charge in [-0.05, 0) is 54.3 Å². The molecule has 0 heterocycles. The van der Waals surface area contributed by atoms with Crippen molar-refractivity contribution in [2.75, 3.05) is 11.9 Å². The molecule has 0 spiro atoms. The number of hydrogen-bond acceptors (Lipinski definition) is 4. The lowest BCUT2D eigenvalue weighted by atomic mass is 10.0. The Hall–Kier alpha value is -2.71.